The first-order valence-corrected chi connectivity index (χ1v) is 6.70. The first kappa shape index (κ1) is 12.6. The molecule has 102 valence electrons. The molecule has 1 aliphatic heterocycles. The lowest BCUT2D eigenvalue weighted by atomic mass is 10.0. The minimum absolute atomic E-state index is 0.0544. The Morgan fingerprint density at radius 2 is 2.26 bits per heavy atom. The predicted molar refractivity (Wildman–Crippen MR) is 72.9 cm³/mol. The van der Waals surface area contributed by atoms with Gasteiger partial charge in [0.25, 0.3) is 0 Å². The van der Waals surface area contributed by atoms with Crippen molar-refractivity contribution in [3.8, 4) is 0 Å². The Balaban J connectivity index is 1.87. The smallest absolute Gasteiger partial charge is 0.233 e. The molecule has 2 aromatic heterocycles. The standard InChI is InChI=1S/C14H20N4O/c1-11-8-17(14(2,3)10-19-11)9-12-7-16-13-15-5-4-6-18(12)13/h4-7,11H,8-10H2,1-3H3. The van der Waals surface area contributed by atoms with Crippen molar-refractivity contribution in [2.75, 3.05) is 13.2 Å². The molecule has 0 bridgehead atoms. The van der Waals surface area contributed by atoms with Crippen molar-refractivity contribution in [2.24, 2.45) is 0 Å². The van der Waals surface area contributed by atoms with Crippen LogP contribution < -0.4 is 0 Å². The van der Waals surface area contributed by atoms with Gasteiger partial charge >= 0.3 is 0 Å². The average molecular weight is 260 g/mol. The topological polar surface area (TPSA) is 42.7 Å². The van der Waals surface area contributed by atoms with Gasteiger partial charge in [0, 0.05) is 31.0 Å². The lowest BCUT2D eigenvalue weighted by Crippen LogP contribution is -2.55. The SMILES string of the molecule is CC1CN(Cc2cnc3ncccn23)C(C)(C)CO1. The first-order chi connectivity index (χ1) is 9.06. The minimum Gasteiger partial charge on any atom is -0.375 e. The van der Waals surface area contributed by atoms with Gasteiger partial charge in [0.15, 0.2) is 0 Å². The van der Waals surface area contributed by atoms with Gasteiger partial charge in [0.1, 0.15) is 0 Å². The molecule has 0 amide bonds. The van der Waals surface area contributed by atoms with Crippen LogP contribution in [0, 0.1) is 0 Å². The van der Waals surface area contributed by atoms with Gasteiger partial charge in [-0.3, -0.25) is 9.30 Å². The number of fused-ring (bicyclic) bond motifs is 1. The lowest BCUT2D eigenvalue weighted by molar-refractivity contribution is -0.0954. The van der Waals surface area contributed by atoms with Crippen LogP contribution >= 0.6 is 0 Å². The minimum atomic E-state index is 0.0544. The zero-order chi connectivity index (χ0) is 13.5. The number of nitrogens with zero attached hydrogens (tertiary/aromatic N) is 4. The fourth-order valence-corrected chi connectivity index (χ4v) is 2.52. The molecule has 5 heteroatoms. The summed E-state index contributed by atoms with van der Waals surface area (Å²) in [6, 6.07) is 1.94. The number of imidazole rings is 1. The Bertz CT molecular complexity index is 578. The molecule has 1 atom stereocenters. The molecule has 0 radical (unpaired) electrons. The van der Waals surface area contributed by atoms with Crippen molar-refractivity contribution in [3.63, 3.8) is 0 Å². The highest BCUT2D eigenvalue weighted by Gasteiger charge is 2.33. The van der Waals surface area contributed by atoms with E-state index in [4.69, 9.17) is 4.74 Å². The Morgan fingerprint density at radius 1 is 1.42 bits per heavy atom. The molecule has 5 nitrogen and oxygen atoms in total. The molecule has 1 saturated heterocycles. The maximum Gasteiger partial charge on any atom is 0.233 e. The third-order valence-electron chi connectivity index (χ3n) is 3.77. The summed E-state index contributed by atoms with van der Waals surface area (Å²) < 4.78 is 7.81. The van der Waals surface area contributed by atoms with Crippen molar-refractivity contribution in [1.29, 1.82) is 0 Å². The average Bonchev–Trinajstić information content (AvgIpc) is 2.78. The van der Waals surface area contributed by atoms with E-state index in [0.717, 1.165) is 25.5 Å². The molecule has 0 saturated carbocycles. The number of hydrogen-bond acceptors (Lipinski definition) is 4. The highest BCUT2D eigenvalue weighted by atomic mass is 16.5. The zero-order valence-electron chi connectivity index (χ0n) is 11.7. The van der Waals surface area contributed by atoms with E-state index in [2.05, 4.69) is 40.0 Å². The van der Waals surface area contributed by atoms with Crippen LogP contribution in [0.25, 0.3) is 5.78 Å². The Morgan fingerprint density at radius 3 is 3.11 bits per heavy atom. The molecule has 0 N–H and O–H groups in total. The van der Waals surface area contributed by atoms with Crippen LogP contribution in [0.3, 0.4) is 0 Å². The van der Waals surface area contributed by atoms with Gasteiger partial charge in [-0.15, -0.1) is 0 Å². The summed E-state index contributed by atoms with van der Waals surface area (Å²) in [5.74, 6) is 0.761. The molecule has 3 heterocycles. The summed E-state index contributed by atoms with van der Waals surface area (Å²) in [7, 11) is 0. The summed E-state index contributed by atoms with van der Waals surface area (Å²) in [5.41, 5.74) is 1.23. The Labute approximate surface area is 113 Å². The van der Waals surface area contributed by atoms with Gasteiger partial charge in [0.2, 0.25) is 5.78 Å². The van der Waals surface area contributed by atoms with Crippen molar-refractivity contribution >= 4 is 5.78 Å². The van der Waals surface area contributed by atoms with E-state index in [1.54, 1.807) is 6.20 Å². The van der Waals surface area contributed by atoms with E-state index in [9.17, 15) is 0 Å². The highest BCUT2D eigenvalue weighted by Crippen LogP contribution is 2.24. The third-order valence-corrected chi connectivity index (χ3v) is 3.77. The van der Waals surface area contributed by atoms with Crippen LogP contribution in [-0.4, -0.2) is 44.1 Å². The van der Waals surface area contributed by atoms with E-state index in [0.29, 0.717) is 0 Å². The molecular weight excluding hydrogens is 240 g/mol. The van der Waals surface area contributed by atoms with E-state index < -0.39 is 0 Å². The molecule has 1 unspecified atom stereocenters. The second-order valence-corrected chi connectivity index (χ2v) is 5.85. The maximum absolute atomic E-state index is 5.75. The van der Waals surface area contributed by atoms with Gasteiger partial charge in [-0.05, 0) is 26.8 Å². The third kappa shape index (κ3) is 2.35. The molecule has 19 heavy (non-hydrogen) atoms. The monoisotopic (exact) mass is 260 g/mol. The molecule has 0 aromatic carbocycles. The van der Waals surface area contributed by atoms with Gasteiger partial charge in [-0.2, -0.15) is 0 Å². The van der Waals surface area contributed by atoms with Crippen LogP contribution in [0.1, 0.15) is 26.5 Å². The fraction of sp³-hybridized carbons (Fsp3) is 0.571. The molecular formula is C14H20N4O. The van der Waals surface area contributed by atoms with Gasteiger partial charge in [0.05, 0.1) is 24.6 Å². The Kier molecular flexibility index (Phi) is 3.03. The van der Waals surface area contributed by atoms with Crippen LogP contribution in [-0.2, 0) is 11.3 Å². The molecule has 0 aliphatic carbocycles. The zero-order valence-corrected chi connectivity index (χ0v) is 11.7. The van der Waals surface area contributed by atoms with Crippen molar-refractivity contribution in [2.45, 2.75) is 39.0 Å². The van der Waals surface area contributed by atoms with E-state index in [-0.39, 0.29) is 11.6 Å². The summed E-state index contributed by atoms with van der Waals surface area (Å²) >= 11 is 0. The van der Waals surface area contributed by atoms with Gasteiger partial charge in [-0.25, -0.2) is 9.97 Å². The lowest BCUT2D eigenvalue weighted by Gasteiger charge is -2.44. The second-order valence-electron chi connectivity index (χ2n) is 5.85. The molecule has 0 spiro atoms. The molecule has 3 rings (SSSR count). The first-order valence-electron chi connectivity index (χ1n) is 6.70. The summed E-state index contributed by atoms with van der Waals surface area (Å²) in [6.45, 7) is 9.15. The second kappa shape index (κ2) is 4.58. The fourth-order valence-electron chi connectivity index (χ4n) is 2.52. The van der Waals surface area contributed by atoms with Gasteiger partial charge in [-0.1, -0.05) is 0 Å². The number of hydrogen-bond donors (Lipinski definition) is 0. The van der Waals surface area contributed by atoms with Crippen molar-refractivity contribution in [1.82, 2.24) is 19.3 Å². The van der Waals surface area contributed by atoms with E-state index in [1.165, 1.54) is 5.69 Å². The highest BCUT2D eigenvalue weighted by molar-refractivity contribution is 5.30. The van der Waals surface area contributed by atoms with Crippen LogP contribution in [0.4, 0.5) is 0 Å². The van der Waals surface area contributed by atoms with Crippen LogP contribution in [0.2, 0.25) is 0 Å². The molecule has 2 aromatic rings. The largest absolute Gasteiger partial charge is 0.375 e. The number of morpholine rings is 1. The maximum atomic E-state index is 5.75. The molecule has 1 aliphatic rings. The van der Waals surface area contributed by atoms with E-state index in [1.807, 2.05) is 18.5 Å². The van der Waals surface area contributed by atoms with Crippen LogP contribution in [0.15, 0.2) is 24.7 Å². The number of aromatic nitrogens is 3. The van der Waals surface area contributed by atoms with Crippen molar-refractivity contribution < 1.29 is 4.74 Å². The molecule has 1 fully saturated rings. The van der Waals surface area contributed by atoms with Crippen LogP contribution in [0.5, 0.6) is 0 Å². The number of ether oxygens (including phenoxy) is 1. The number of rotatable bonds is 2. The van der Waals surface area contributed by atoms with Crippen molar-refractivity contribution in [3.05, 3.63) is 30.4 Å². The van der Waals surface area contributed by atoms with E-state index >= 15 is 0 Å². The summed E-state index contributed by atoms with van der Waals surface area (Å²) in [6.07, 6.45) is 5.98. The predicted octanol–water partition coefficient (Wildman–Crippen LogP) is 1.73. The van der Waals surface area contributed by atoms with Gasteiger partial charge < -0.3 is 4.74 Å². The normalized spacial score (nSPS) is 23.8. The summed E-state index contributed by atoms with van der Waals surface area (Å²) in [5, 5.41) is 0. The Hall–Kier alpha value is -1.46. The summed E-state index contributed by atoms with van der Waals surface area (Å²) in [4.78, 5) is 11.1. The quantitative estimate of drug-likeness (QED) is 0.824.